The summed E-state index contributed by atoms with van der Waals surface area (Å²) in [6.45, 7) is 4.62. The van der Waals surface area contributed by atoms with Gasteiger partial charge in [-0.15, -0.1) is 0 Å². The summed E-state index contributed by atoms with van der Waals surface area (Å²) in [6, 6.07) is 0. The van der Waals surface area contributed by atoms with Gasteiger partial charge in [0.15, 0.2) is 0 Å². The van der Waals surface area contributed by atoms with E-state index < -0.39 is 12.3 Å². The van der Waals surface area contributed by atoms with Crippen LogP contribution >= 0.6 is 0 Å². The molecule has 5 heteroatoms. The van der Waals surface area contributed by atoms with Gasteiger partial charge in [-0.05, 0) is 50.9 Å². The predicted molar refractivity (Wildman–Crippen MR) is 114 cm³/mol. The number of esters is 1. The van der Waals surface area contributed by atoms with Gasteiger partial charge in [0.2, 0.25) is 0 Å². The van der Waals surface area contributed by atoms with Crippen LogP contribution in [-0.4, -0.2) is 35.7 Å². The van der Waals surface area contributed by atoms with E-state index in [-0.39, 0.29) is 11.9 Å². The van der Waals surface area contributed by atoms with E-state index in [1.165, 1.54) is 0 Å². The van der Waals surface area contributed by atoms with Crippen molar-refractivity contribution in [3.8, 4) is 0 Å². The van der Waals surface area contributed by atoms with Crippen LogP contribution in [0.3, 0.4) is 0 Å². The lowest BCUT2D eigenvalue weighted by Crippen LogP contribution is -2.24. The van der Waals surface area contributed by atoms with E-state index in [1.54, 1.807) is 0 Å². The Labute approximate surface area is 177 Å². The van der Waals surface area contributed by atoms with E-state index in [0.717, 1.165) is 70.6 Å². The molecule has 0 spiro atoms. The molecule has 0 aromatic carbocycles. The van der Waals surface area contributed by atoms with Crippen LogP contribution in [0.5, 0.6) is 0 Å². The second-order valence-corrected chi connectivity index (χ2v) is 8.70. The van der Waals surface area contributed by atoms with Crippen molar-refractivity contribution in [2.75, 3.05) is 6.61 Å². The fourth-order valence-electron chi connectivity index (χ4n) is 4.27. The average Bonchev–Trinajstić information content (AvgIpc) is 3.06. The molecule has 0 aromatic rings. The number of unbranched alkanes of at least 4 members (excludes halogenated alkanes) is 5. The molecule has 1 unspecified atom stereocenters. The SMILES string of the molecule is CCCCOC(=O)CCCCCC[C@H]1C(=O)CC[C@@H]1CC[C@H](O)C(F)CCCC. The number of hydrogen-bond acceptors (Lipinski definition) is 4. The molecule has 0 saturated heterocycles. The van der Waals surface area contributed by atoms with E-state index in [9.17, 15) is 19.1 Å². The number of alkyl halides is 1. The van der Waals surface area contributed by atoms with Crippen LogP contribution in [0.1, 0.15) is 110 Å². The van der Waals surface area contributed by atoms with Crippen molar-refractivity contribution >= 4 is 11.8 Å². The van der Waals surface area contributed by atoms with Gasteiger partial charge in [-0.25, -0.2) is 4.39 Å². The summed E-state index contributed by atoms with van der Waals surface area (Å²) in [7, 11) is 0. The quantitative estimate of drug-likeness (QED) is 0.236. The largest absolute Gasteiger partial charge is 0.466 e. The number of halogens is 1. The number of Topliss-reactive ketones (excluding diaryl/α,β-unsaturated/α-hetero) is 1. The summed E-state index contributed by atoms with van der Waals surface area (Å²) in [4.78, 5) is 23.8. The Hall–Kier alpha value is -0.970. The molecule has 0 radical (unpaired) electrons. The molecular formula is C24H43FO4. The van der Waals surface area contributed by atoms with Crippen LogP contribution in [0, 0.1) is 11.8 Å². The normalized spacial score (nSPS) is 21.3. The molecule has 0 aromatic heterocycles. The molecule has 4 nitrogen and oxygen atoms in total. The summed E-state index contributed by atoms with van der Waals surface area (Å²) in [5.41, 5.74) is 0. The van der Waals surface area contributed by atoms with Crippen molar-refractivity contribution in [2.24, 2.45) is 11.8 Å². The minimum absolute atomic E-state index is 0.0786. The number of ketones is 1. The third-order valence-electron chi connectivity index (χ3n) is 6.24. The molecule has 1 saturated carbocycles. The average molecular weight is 415 g/mol. The maximum absolute atomic E-state index is 13.9. The van der Waals surface area contributed by atoms with Crippen LogP contribution in [0.2, 0.25) is 0 Å². The minimum Gasteiger partial charge on any atom is -0.466 e. The Morgan fingerprint density at radius 2 is 1.79 bits per heavy atom. The molecule has 0 aliphatic heterocycles. The topological polar surface area (TPSA) is 63.6 Å². The molecule has 1 rings (SSSR count). The number of rotatable bonds is 17. The number of carbonyl (C=O) groups is 2. The van der Waals surface area contributed by atoms with Gasteiger partial charge in [0.25, 0.3) is 0 Å². The van der Waals surface area contributed by atoms with Crippen molar-refractivity contribution < 1.29 is 23.8 Å². The van der Waals surface area contributed by atoms with Gasteiger partial charge in [0.05, 0.1) is 12.7 Å². The van der Waals surface area contributed by atoms with Gasteiger partial charge in [0.1, 0.15) is 12.0 Å². The van der Waals surface area contributed by atoms with Crippen LogP contribution in [0.4, 0.5) is 4.39 Å². The van der Waals surface area contributed by atoms with Gasteiger partial charge in [-0.1, -0.05) is 52.4 Å². The van der Waals surface area contributed by atoms with Crippen molar-refractivity contribution in [3.63, 3.8) is 0 Å². The molecule has 1 N–H and O–H groups in total. The number of hydrogen-bond donors (Lipinski definition) is 1. The van der Waals surface area contributed by atoms with Crippen molar-refractivity contribution in [1.82, 2.24) is 0 Å². The van der Waals surface area contributed by atoms with E-state index >= 15 is 0 Å². The first kappa shape index (κ1) is 26.1. The standard InChI is InChI=1S/C24H43FO4/c1-3-5-12-21(25)23(27)17-15-19-14-16-22(26)20(19)11-9-7-8-10-13-24(28)29-18-6-4-2/h19-21,23,27H,3-18H2,1-2H3/t19-,20-,21?,23+/m1/s1. The highest BCUT2D eigenvalue weighted by molar-refractivity contribution is 5.83. The molecule has 0 heterocycles. The zero-order chi connectivity index (χ0) is 21.5. The summed E-state index contributed by atoms with van der Waals surface area (Å²) in [5, 5.41) is 10.0. The Morgan fingerprint density at radius 1 is 1.07 bits per heavy atom. The smallest absolute Gasteiger partial charge is 0.305 e. The van der Waals surface area contributed by atoms with Crippen LogP contribution in [-0.2, 0) is 14.3 Å². The van der Waals surface area contributed by atoms with E-state index in [2.05, 4.69) is 6.92 Å². The predicted octanol–water partition coefficient (Wildman–Crippen LogP) is 5.94. The maximum atomic E-state index is 13.9. The van der Waals surface area contributed by atoms with E-state index in [4.69, 9.17) is 4.74 Å². The van der Waals surface area contributed by atoms with Crippen molar-refractivity contribution in [3.05, 3.63) is 0 Å². The van der Waals surface area contributed by atoms with Crippen LogP contribution in [0.15, 0.2) is 0 Å². The molecule has 0 bridgehead atoms. The Morgan fingerprint density at radius 3 is 2.52 bits per heavy atom. The Kier molecular flexibility index (Phi) is 14.2. The third-order valence-corrected chi connectivity index (χ3v) is 6.24. The molecule has 1 aliphatic carbocycles. The Bertz CT molecular complexity index is 454. The minimum atomic E-state index is -1.14. The molecule has 1 fully saturated rings. The zero-order valence-electron chi connectivity index (χ0n) is 18.7. The molecule has 170 valence electrons. The molecule has 1 aliphatic rings. The van der Waals surface area contributed by atoms with Crippen LogP contribution < -0.4 is 0 Å². The van der Waals surface area contributed by atoms with Crippen molar-refractivity contribution in [1.29, 1.82) is 0 Å². The highest BCUT2D eigenvalue weighted by atomic mass is 19.1. The van der Waals surface area contributed by atoms with Crippen LogP contribution in [0.25, 0.3) is 0 Å². The lowest BCUT2D eigenvalue weighted by molar-refractivity contribution is -0.143. The fourth-order valence-corrected chi connectivity index (χ4v) is 4.27. The van der Waals surface area contributed by atoms with Gasteiger partial charge >= 0.3 is 5.97 Å². The maximum Gasteiger partial charge on any atom is 0.305 e. The lowest BCUT2D eigenvalue weighted by Gasteiger charge is -2.21. The Balaban J connectivity index is 2.18. The molecule has 29 heavy (non-hydrogen) atoms. The number of aliphatic hydroxyl groups excluding tert-OH is 1. The molecule has 4 atom stereocenters. The van der Waals surface area contributed by atoms with Gasteiger partial charge in [0, 0.05) is 18.8 Å². The van der Waals surface area contributed by atoms with Gasteiger partial charge in [-0.3, -0.25) is 9.59 Å². The summed E-state index contributed by atoms with van der Waals surface area (Å²) in [6.07, 6.45) is 9.99. The summed E-state index contributed by atoms with van der Waals surface area (Å²) < 4.78 is 19.1. The summed E-state index contributed by atoms with van der Waals surface area (Å²) in [5.74, 6) is 0.610. The van der Waals surface area contributed by atoms with E-state index in [1.807, 2.05) is 6.92 Å². The lowest BCUT2D eigenvalue weighted by atomic mass is 9.85. The molecular weight excluding hydrogens is 371 g/mol. The first-order valence-corrected chi connectivity index (χ1v) is 12.0. The first-order chi connectivity index (χ1) is 14.0. The van der Waals surface area contributed by atoms with Crippen molar-refractivity contribution in [2.45, 2.75) is 122 Å². The highest BCUT2D eigenvalue weighted by Crippen LogP contribution is 2.36. The monoisotopic (exact) mass is 414 g/mol. The number of aliphatic hydroxyl groups is 1. The fraction of sp³-hybridized carbons (Fsp3) is 0.917. The van der Waals surface area contributed by atoms with Gasteiger partial charge < -0.3 is 9.84 Å². The number of carbonyl (C=O) groups excluding carboxylic acids is 2. The van der Waals surface area contributed by atoms with E-state index in [0.29, 0.717) is 44.0 Å². The highest BCUT2D eigenvalue weighted by Gasteiger charge is 2.34. The molecule has 0 amide bonds. The second kappa shape index (κ2) is 15.8. The first-order valence-electron chi connectivity index (χ1n) is 12.0. The second-order valence-electron chi connectivity index (χ2n) is 8.70. The summed E-state index contributed by atoms with van der Waals surface area (Å²) >= 11 is 0. The zero-order valence-corrected chi connectivity index (χ0v) is 18.7. The number of ether oxygens (including phenoxy) is 1. The third kappa shape index (κ3) is 11.1. The van der Waals surface area contributed by atoms with Gasteiger partial charge in [-0.2, -0.15) is 0 Å².